The van der Waals surface area contributed by atoms with Crippen LogP contribution < -0.4 is 5.32 Å². The molecule has 0 fully saturated rings. The first-order valence-electron chi connectivity index (χ1n) is 7.16. The third-order valence-corrected chi connectivity index (χ3v) is 3.51. The molecule has 2 heteroatoms. The third kappa shape index (κ3) is 3.01. The number of nitrogens with one attached hydrogen (secondary N) is 1. The minimum absolute atomic E-state index is 0.136. The normalized spacial score (nSPS) is 13.9. The molecule has 0 saturated carbocycles. The molecule has 0 spiro atoms. The van der Waals surface area contributed by atoms with Gasteiger partial charge in [0.15, 0.2) is 0 Å². The topological polar surface area (TPSA) is 25.2 Å². The largest absolute Gasteiger partial charge is 0.459 e. The molecule has 0 aliphatic carbocycles. The maximum Gasteiger partial charge on any atom is 0.137 e. The van der Waals surface area contributed by atoms with Gasteiger partial charge < -0.3 is 9.73 Å². The summed E-state index contributed by atoms with van der Waals surface area (Å²) in [4.78, 5) is 0. The summed E-state index contributed by atoms with van der Waals surface area (Å²) in [6, 6.07) is 8.73. The van der Waals surface area contributed by atoms with E-state index in [4.69, 9.17) is 4.42 Å². The highest BCUT2D eigenvalue weighted by Gasteiger charge is 2.28. The van der Waals surface area contributed by atoms with E-state index < -0.39 is 0 Å². The van der Waals surface area contributed by atoms with Crippen LogP contribution >= 0.6 is 0 Å². The second-order valence-electron chi connectivity index (χ2n) is 6.40. The van der Waals surface area contributed by atoms with Gasteiger partial charge in [-0.2, -0.15) is 0 Å². The van der Waals surface area contributed by atoms with Gasteiger partial charge >= 0.3 is 0 Å². The van der Waals surface area contributed by atoms with Crippen molar-refractivity contribution in [2.75, 3.05) is 6.54 Å². The molecule has 19 heavy (non-hydrogen) atoms. The van der Waals surface area contributed by atoms with Gasteiger partial charge in [-0.3, -0.25) is 0 Å². The Kier molecular flexibility index (Phi) is 4.00. The van der Waals surface area contributed by atoms with Crippen molar-refractivity contribution in [2.45, 2.75) is 47.1 Å². The van der Waals surface area contributed by atoms with Crippen LogP contribution in [0.2, 0.25) is 0 Å². The monoisotopic (exact) mass is 259 g/mol. The molecule has 1 aromatic carbocycles. The number of rotatable bonds is 4. The van der Waals surface area contributed by atoms with Crippen molar-refractivity contribution in [1.29, 1.82) is 0 Å². The Morgan fingerprint density at radius 3 is 2.58 bits per heavy atom. The van der Waals surface area contributed by atoms with Gasteiger partial charge in [0.2, 0.25) is 0 Å². The van der Waals surface area contributed by atoms with Crippen molar-refractivity contribution >= 4 is 11.0 Å². The molecule has 0 bridgehead atoms. The molecule has 1 N–H and O–H groups in total. The van der Waals surface area contributed by atoms with Crippen molar-refractivity contribution in [2.24, 2.45) is 5.41 Å². The van der Waals surface area contributed by atoms with Gasteiger partial charge in [-0.05, 0) is 36.9 Å². The predicted molar refractivity (Wildman–Crippen MR) is 81.4 cm³/mol. The molecule has 0 radical (unpaired) electrons. The first-order valence-corrected chi connectivity index (χ1v) is 7.16. The molecule has 1 aromatic heterocycles. The van der Waals surface area contributed by atoms with E-state index in [-0.39, 0.29) is 11.5 Å². The fourth-order valence-corrected chi connectivity index (χ4v) is 2.49. The summed E-state index contributed by atoms with van der Waals surface area (Å²) in [7, 11) is 0. The lowest BCUT2D eigenvalue weighted by Gasteiger charge is -2.30. The first kappa shape index (κ1) is 14.1. The van der Waals surface area contributed by atoms with Crippen molar-refractivity contribution in [3.8, 4) is 0 Å². The van der Waals surface area contributed by atoms with Crippen LogP contribution in [0.5, 0.6) is 0 Å². The molecule has 1 atom stereocenters. The number of hydrogen-bond acceptors (Lipinski definition) is 2. The average Bonchev–Trinajstić information content (AvgIpc) is 2.73. The molecule has 1 unspecified atom stereocenters. The SMILES string of the molecule is CCCNC(c1cc2cccc(C)c2o1)C(C)(C)C. The van der Waals surface area contributed by atoms with E-state index in [0.29, 0.717) is 0 Å². The molecule has 2 rings (SSSR count). The van der Waals surface area contributed by atoms with Crippen LogP contribution in [-0.4, -0.2) is 6.54 Å². The number of benzene rings is 1. The lowest BCUT2D eigenvalue weighted by atomic mass is 9.85. The second-order valence-corrected chi connectivity index (χ2v) is 6.40. The maximum absolute atomic E-state index is 6.12. The fourth-order valence-electron chi connectivity index (χ4n) is 2.49. The Bertz CT molecular complexity index is 548. The van der Waals surface area contributed by atoms with E-state index in [2.05, 4.69) is 64.2 Å². The first-order chi connectivity index (χ1) is 8.93. The van der Waals surface area contributed by atoms with Crippen LogP contribution in [-0.2, 0) is 0 Å². The molecule has 2 nitrogen and oxygen atoms in total. The molecule has 1 heterocycles. The van der Waals surface area contributed by atoms with Gasteiger partial charge in [-0.25, -0.2) is 0 Å². The molecular formula is C17H25NO. The van der Waals surface area contributed by atoms with Gasteiger partial charge in [0.05, 0.1) is 6.04 Å². The molecule has 2 aromatic rings. The van der Waals surface area contributed by atoms with E-state index >= 15 is 0 Å². The standard InChI is InChI=1S/C17H25NO/c1-6-10-18-16(17(3,4)5)14-11-13-9-7-8-12(2)15(13)19-14/h7-9,11,16,18H,6,10H2,1-5H3. The van der Waals surface area contributed by atoms with Crippen molar-refractivity contribution < 1.29 is 4.42 Å². The van der Waals surface area contributed by atoms with Crippen LogP contribution in [0.1, 0.15) is 51.5 Å². The van der Waals surface area contributed by atoms with E-state index in [1.807, 2.05) is 0 Å². The lowest BCUT2D eigenvalue weighted by molar-refractivity contribution is 0.241. The van der Waals surface area contributed by atoms with Gasteiger partial charge in [0.1, 0.15) is 11.3 Å². The summed E-state index contributed by atoms with van der Waals surface area (Å²) < 4.78 is 6.12. The quantitative estimate of drug-likeness (QED) is 0.851. The zero-order chi connectivity index (χ0) is 14.0. The molecule has 104 valence electrons. The number of aryl methyl sites for hydroxylation is 1. The van der Waals surface area contributed by atoms with Gasteiger partial charge in [-0.1, -0.05) is 45.9 Å². The summed E-state index contributed by atoms with van der Waals surface area (Å²) >= 11 is 0. The Morgan fingerprint density at radius 2 is 2.00 bits per heavy atom. The highest BCUT2D eigenvalue weighted by molar-refractivity contribution is 5.81. The summed E-state index contributed by atoms with van der Waals surface area (Å²) in [5.74, 6) is 1.05. The minimum Gasteiger partial charge on any atom is -0.459 e. The van der Waals surface area contributed by atoms with Crippen LogP contribution in [0, 0.1) is 12.3 Å². The summed E-state index contributed by atoms with van der Waals surface area (Å²) in [5, 5.41) is 4.81. The van der Waals surface area contributed by atoms with Crippen LogP contribution in [0.15, 0.2) is 28.7 Å². The smallest absolute Gasteiger partial charge is 0.137 e. The Labute approximate surface area is 116 Å². The molecule has 0 aliphatic rings. The highest BCUT2D eigenvalue weighted by atomic mass is 16.3. The van der Waals surface area contributed by atoms with Crippen LogP contribution in [0.4, 0.5) is 0 Å². The van der Waals surface area contributed by atoms with Crippen molar-refractivity contribution in [3.63, 3.8) is 0 Å². The molecule has 0 saturated heterocycles. The van der Waals surface area contributed by atoms with Crippen molar-refractivity contribution in [3.05, 3.63) is 35.6 Å². The summed E-state index contributed by atoms with van der Waals surface area (Å²) in [5.41, 5.74) is 2.36. The summed E-state index contributed by atoms with van der Waals surface area (Å²) in [6.45, 7) is 12.1. The van der Waals surface area contributed by atoms with E-state index in [0.717, 1.165) is 24.3 Å². The van der Waals surface area contributed by atoms with Crippen LogP contribution in [0.25, 0.3) is 11.0 Å². The fraction of sp³-hybridized carbons (Fsp3) is 0.529. The Balaban J connectivity index is 2.41. The Morgan fingerprint density at radius 1 is 1.26 bits per heavy atom. The average molecular weight is 259 g/mol. The maximum atomic E-state index is 6.12. The van der Waals surface area contributed by atoms with Gasteiger partial charge in [0.25, 0.3) is 0 Å². The summed E-state index contributed by atoms with van der Waals surface area (Å²) in [6.07, 6.45) is 1.13. The van der Waals surface area contributed by atoms with Gasteiger partial charge in [-0.15, -0.1) is 0 Å². The highest BCUT2D eigenvalue weighted by Crippen LogP contribution is 2.36. The molecular weight excluding hydrogens is 234 g/mol. The second kappa shape index (κ2) is 5.38. The van der Waals surface area contributed by atoms with E-state index in [1.165, 1.54) is 10.9 Å². The van der Waals surface area contributed by atoms with E-state index in [9.17, 15) is 0 Å². The zero-order valence-corrected chi connectivity index (χ0v) is 12.7. The third-order valence-electron chi connectivity index (χ3n) is 3.51. The van der Waals surface area contributed by atoms with Crippen LogP contribution in [0.3, 0.4) is 0 Å². The van der Waals surface area contributed by atoms with Gasteiger partial charge in [0, 0.05) is 5.39 Å². The lowest BCUT2D eigenvalue weighted by Crippen LogP contribution is -2.32. The van der Waals surface area contributed by atoms with Crippen molar-refractivity contribution in [1.82, 2.24) is 5.32 Å². The number of furan rings is 1. The molecule has 0 amide bonds. The predicted octanol–water partition coefficient (Wildman–Crippen LogP) is 4.83. The Hall–Kier alpha value is -1.28. The van der Waals surface area contributed by atoms with E-state index in [1.54, 1.807) is 0 Å². The molecule has 0 aliphatic heterocycles. The zero-order valence-electron chi connectivity index (χ0n) is 12.7. The number of fused-ring (bicyclic) bond motifs is 1. The number of para-hydroxylation sites is 1. The minimum atomic E-state index is 0.136. The number of hydrogen-bond donors (Lipinski definition) is 1.